The molecule has 2 aromatic heterocycles. The van der Waals surface area contributed by atoms with E-state index in [0.717, 1.165) is 22.7 Å². The highest BCUT2D eigenvalue weighted by molar-refractivity contribution is 5.60. The molecular weight excluding hydrogens is 264 g/mol. The van der Waals surface area contributed by atoms with Gasteiger partial charge in [0.1, 0.15) is 17.1 Å². The molecule has 0 spiro atoms. The molecule has 0 aliphatic rings. The summed E-state index contributed by atoms with van der Waals surface area (Å²) in [5.74, 6) is 0.947. The van der Waals surface area contributed by atoms with Gasteiger partial charge in [-0.05, 0) is 26.1 Å². The lowest BCUT2D eigenvalue weighted by molar-refractivity contribution is 0.221. The molecule has 5 nitrogen and oxygen atoms in total. The zero-order valence-corrected chi connectivity index (χ0v) is 12.2. The van der Waals surface area contributed by atoms with Crippen molar-refractivity contribution in [1.82, 2.24) is 20.3 Å². The Kier molecular flexibility index (Phi) is 3.83. The fraction of sp³-hybridized carbons (Fsp3) is 0.250. The Morgan fingerprint density at radius 3 is 2.67 bits per heavy atom. The third kappa shape index (κ3) is 2.87. The minimum absolute atomic E-state index is 0.181. The molecular formula is C16H18N4O. The fourth-order valence-electron chi connectivity index (χ4n) is 2.31. The Labute approximate surface area is 123 Å². The molecule has 0 amide bonds. The topological polar surface area (TPSA) is 58.0 Å². The number of aromatic amines is 1. The highest BCUT2D eigenvalue weighted by Gasteiger charge is 2.18. The number of hydrogen-bond acceptors (Lipinski definition) is 4. The van der Waals surface area contributed by atoms with Crippen molar-refractivity contribution in [2.24, 2.45) is 0 Å². The second-order valence-electron chi connectivity index (χ2n) is 5.09. The van der Waals surface area contributed by atoms with Gasteiger partial charge in [0.25, 0.3) is 0 Å². The second kappa shape index (κ2) is 5.93. The molecule has 1 atom stereocenters. The van der Waals surface area contributed by atoms with Gasteiger partial charge in [-0.1, -0.05) is 30.3 Å². The molecule has 3 aromatic rings. The van der Waals surface area contributed by atoms with Crippen LogP contribution in [-0.2, 0) is 6.54 Å². The van der Waals surface area contributed by atoms with E-state index in [1.807, 2.05) is 42.5 Å². The summed E-state index contributed by atoms with van der Waals surface area (Å²) in [6.45, 7) is 2.81. The zero-order chi connectivity index (χ0) is 14.7. The quantitative estimate of drug-likeness (QED) is 0.780. The van der Waals surface area contributed by atoms with Crippen LogP contribution >= 0.6 is 0 Å². The van der Waals surface area contributed by atoms with E-state index in [0.29, 0.717) is 6.54 Å². The molecule has 0 aliphatic carbocycles. The van der Waals surface area contributed by atoms with Gasteiger partial charge in [-0.3, -0.25) is 4.90 Å². The summed E-state index contributed by atoms with van der Waals surface area (Å²) in [5, 5.41) is 11.3. The van der Waals surface area contributed by atoms with Crippen molar-refractivity contribution >= 4 is 0 Å². The summed E-state index contributed by atoms with van der Waals surface area (Å²) < 4.78 is 5.46. The van der Waals surface area contributed by atoms with Gasteiger partial charge in [-0.25, -0.2) is 0 Å². The highest BCUT2D eigenvalue weighted by Crippen LogP contribution is 2.24. The van der Waals surface area contributed by atoms with E-state index in [4.69, 9.17) is 4.42 Å². The molecule has 0 saturated carbocycles. The van der Waals surface area contributed by atoms with E-state index in [1.54, 1.807) is 6.26 Å². The SMILES string of the molecule is CC(c1ccco1)N(C)Cc1n[nH]nc1-c1ccccc1. The van der Waals surface area contributed by atoms with Crippen LogP contribution in [0, 0.1) is 0 Å². The van der Waals surface area contributed by atoms with Crippen molar-refractivity contribution in [2.75, 3.05) is 7.05 Å². The number of benzene rings is 1. The van der Waals surface area contributed by atoms with E-state index in [9.17, 15) is 0 Å². The van der Waals surface area contributed by atoms with Crippen LogP contribution in [0.25, 0.3) is 11.3 Å². The van der Waals surface area contributed by atoms with Crippen molar-refractivity contribution < 1.29 is 4.42 Å². The Morgan fingerprint density at radius 2 is 1.95 bits per heavy atom. The first-order valence-corrected chi connectivity index (χ1v) is 6.94. The number of furan rings is 1. The number of hydrogen-bond donors (Lipinski definition) is 1. The lowest BCUT2D eigenvalue weighted by Gasteiger charge is -2.22. The second-order valence-corrected chi connectivity index (χ2v) is 5.09. The first-order chi connectivity index (χ1) is 10.3. The van der Waals surface area contributed by atoms with Crippen molar-refractivity contribution in [3.05, 3.63) is 60.2 Å². The van der Waals surface area contributed by atoms with Crippen molar-refractivity contribution in [2.45, 2.75) is 19.5 Å². The number of rotatable bonds is 5. The molecule has 0 fully saturated rings. The van der Waals surface area contributed by atoms with Crippen LogP contribution in [0.3, 0.4) is 0 Å². The third-order valence-electron chi connectivity index (χ3n) is 3.68. The van der Waals surface area contributed by atoms with Crippen LogP contribution < -0.4 is 0 Å². The summed E-state index contributed by atoms with van der Waals surface area (Å²) in [4.78, 5) is 2.18. The number of nitrogens with zero attached hydrogens (tertiary/aromatic N) is 3. The van der Waals surface area contributed by atoms with Gasteiger partial charge in [0.15, 0.2) is 0 Å². The van der Waals surface area contributed by atoms with Gasteiger partial charge < -0.3 is 4.42 Å². The van der Waals surface area contributed by atoms with E-state index >= 15 is 0 Å². The molecule has 0 saturated heterocycles. The average Bonchev–Trinajstić information content (AvgIpc) is 3.19. The van der Waals surface area contributed by atoms with Crippen molar-refractivity contribution in [3.63, 3.8) is 0 Å². The van der Waals surface area contributed by atoms with E-state index in [1.165, 1.54) is 0 Å². The number of aromatic nitrogens is 3. The Balaban J connectivity index is 1.78. The Morgan fingerprint density at radius 1 is 1.14 bits per heavy atom. The van der Waals surface area contributed by atoms with Gasteiger partial charge >= 0.3 is 0 Å². The normalized spacial score (nSPS) is 12.7. The molecule has 0 radical (unpaired) electrons. The highest BCUT2D eigenvalue weighted by atomic mass is 16.3. The smallest absolute Gasteiger partial charge is 0.120 e. The monoisotopic (exact) mass is 282 g/mol. The van der Waals surface area contributed by atoms with Crippen LogP contribution in [0.5, 0.6) is 0 Å². The molecule has 1 N–H and O–H groups in total. The minimum atomic E-state index is 0.181. The third-order valence-corrected chi connectivity index (χ3v) is 3.68. The first kappa shape index (κ1) is 13.6. The largest absolute Gasteiger partial charge is 0.468 e. The van der Waals surface area contributed by atoms with Gasteiger partial charge in [0, 0.05) is 12.1 Å². The predicted octanol–water partition coefficient (Wildman–Crippen LogP) is 3.26. The van der Waals surface area contributed by atoms with E-state index in [2.05, 4.69) is 34.3 Å². The summed E-state index contributed by atoms with van der Waals surface area (Å²) in [7, 11) is 2.05. The maximum absolute atomic E-state index is 5.46. The van der Waals surface area contributed by atoms with Crippen LogP contribution in [0.2, 0.25) is 0 Å². The van der Waals surface area contributed by atoms with Crippen molar-refractivity contribution in [3.8, 4) is 11.3 Å². The van der Waals surface area contributed by atoms with Gasteiger partial charge in [0.2, 0.25) is 0 Å². The number of H-pyrrole nitrogens is 1. The minimum Gasteiger partial charge on any atom is -0.468 e. The molecule has 1 aromatic carbocycles. The average molecular weight is 282 g/mol. The van der Waals surface area contributed by atoms with E-state index in [-0.39, 0.29) is 6.04 Å². The zero-order valence-electron chi connectivity index (χ0n) is 12.2. The molecule has 108 valence electrons. The molecule has 1 unspecified atom stereocenters. The van der Waals surface area contributed by atoms with Crippen molar-refractivity contribution in [1.29, 1.82) is 0 Å². The molecule has 0 bridgehead atoms. The summed E-state index contributed by atoms with van der Waals surface area (Å²) in [6.07, 6.45) is 1.70. The van der Waals surface area contributed by atoms with E-state index < -0.39 is 0 Å². The van der Waals surface area contributed by atoms with Gasteiger partial charge in [-0.2, -0.15) is 15.4 Å². The summed E-state index contributed by atoms with van der Waals surface area (Å²) >= 11 is 0. The molecule has 0 aliphatic heterocycles. The predicted molar refractivity (Wildman–Crippen MR) is 80.4 cm³/mol. The van der Waals surface area contributed by atoms with Crippen LogP contribution in [-0.4, -0.2) is 27.4 Å². The maximum Gasteiger partial charge on any atom is 0.120 e. The van der Waals surface area contributed by atoms with Crippen LogP contribution in [0.4, 0.5) is 0 Å². The van der Waals surface area contributed by atoms with Gasteiger partial charge in [-0.15, -0.1) is 0 Å². The number of nitrogens with one attached hydrogen (secondary N) is 1. The summed E-state index contributed by atoms with van der Waals surface area (Å²) in [6, 6.07) is 14.2. The Bertz CT molecular complexity index is 675. The molecule has 5 heteroatoms. The first-order valence-electron chi connectivity index (χ1n) is 6.94. The molecule has 3 rings (SSSR count). The maximum atomic E-state index is 5.46. The fourth-order valence-corrected chi connectivity index (χ4v) is 2.31. The van der Waals surface area contributed by atoms with Crippen LogP contribution in [0.15, 0.2) is 53.1 Å². The molecule has 21 heavy (non-hydrogen) atoms. The molecule has 2 heterocycles. The lowest BCUT2D eigenvalue weighted by atomic mass is 10.1. The summed E-state index contributed by atoms with van der Waals surface area (Å²) in [5.41, 5.74) is 2.90. The van der Waals surface area contributed by atoms with Gasteiger partial charge in [0.05, 0.1) is 12.3 Å². The standard InChI is InChI=1S/C16H18N4O/c1-12(15-9-6-10-21-15)20(2)11-14-16(18-19-17-14)13-7-4-3-5-8-13/h3-10,12H,11H2,1-2H3,(H,17,18,19). The Hall–Kier alpha value is -2.40. The van der Waals surface area contributed by atoms with Crippen LogP contribution in [0.1, 0.15) is 24.4 Å². The lowest BCUT2D eigenvalue weighted by Crippen LogP contribution is -2.22.